The van der Waals surface area contributed by atoms with Crippen LogP contribution < -0.4 is 16.2 Å². The highest BCUT2D eigenvalue weighted by molar-refractivity contribution is 5.89. The fraction of sp³-hybridized carbons (Fsp3) is 0.353. The van der Waals surface area contributed by atoms with E-state index in [-0.39, 0.29) is 11.6 Å². The Morgan fingerprint density at radius 1 is 1.17 bits per heavy atom. The van der Waals surface area contributed by atoms with Crippen LogP contribution in [0, 0.1) is 13.8 Å². The van der Waals surface area contributed by atoms with E-state index in [1.165, 1.54) is 17.0 Å². The van der Waals surface area contributed by atoms with E-state index in [0.29, 0.717) is 13.1 Å². The Hall–Kier alpha value is -2.63. The highest BCUT2D eigenvalue weighted by Gasteiger charge is 2.03. The lowest BCUT2D eigenvalue weighted by atomic mass is 10.1. The van der Waals surface area contributed by atoms with Gasteiger partial charge in [-0.1, -0.05) is 13.0 Å². The van der Waals surface area contributed by atoms with Gasteiger partial charge in [0.2, 0.25) is 0 Å². The van der Waals surface area contributed by atoms with E-state index in [9.17, 15) is 9.59 Å². The van der Waals surface area contributed by atoms with Gasteiger partial charge in [-0.25, -0.2) is 9.78 Å². The van der Waals surface area contributed by atoms with Crippen LogP contribution in [0.1, 0.15) is 23.7 Å². The molecule has 122 valence electrons. The Balaban J connectivity index is 1.86. The number of benzene rings is 1. The van der Waals surface area contributed by atoms with Crippen LogP contribution in [0.25, 0.3) is 0 Å². The molecule has 6 heteroatoms. The van der Waals surface area contributed by atoms with Crippen molar-refractivity contribution in [1.29, 1.82) is 0 Å². The number of amides is 2. The molecule has 2 N–H and O–H groups in total. The summed E-state index contributed by atoms with van der Waals surface area (Å²) in [5.41, 5.74) is 3.61. The number of rotatable bonds is 5. The van der Waals surface area contributed by atoms with Gasteiger partial charge in [-0.05, 0) is 43.5 Å². The molecule has 0 unspecified atom stereocenters. The molecule has 0 saturated heterocycles. The highest BCUT2D eigenvalue weighted by atomic mass is 16.2. The molecule has 0 aliphatic heterocycles. The molecular formula is C17H22N4O2. The van der Waals surface area contributed by atoms with E-state index in [0.717, 1.165) is 28.9 Å². The van der Waals surface area contributed by atoms with Crippen molar-refractivity contribution in [3.8, 4) is 0 Å². The van der Waals surface area contributed by atoms with Gasteiger partial charge >= 0.3 is 6.03 Å². The monoisotopic (exact) mass is 314 g/mol. The van der Waals surface area contributed by atoms with E-state index < -0.39 is 0 Å². The first-order valence-corrected chi connectivity index (χ1v) is 7.66. The molecule has 6 nitrogen and oxygen atoms in total. The van der Waals surface area contributed by atoms with E-state index in [1.807, 2.05) is 39.0 Å². The smallest absolute Gasteiger partial charge is 0.319 e. The minimum Gasteiger partial charge on any atom is -0.336 e. The van der Waals surface area contributed by atoms with Crippen LogP contribution in [0.3, 0.4) is 0 Å². The van der Waals surface area contributed by atoms with Crippen LogP contribution in [0.2, 0.25) is 0 Å². The van der Waals surface area contributed by atoms with Crippen LogP contribution >= 0.6 is 0 Å². The van der Waals surface area contributed by atoms with Gasteiger partial charge in [0.05, 0.1) is 6.33 Å². The van der Waals surface area contributed by atoms with Gasteiger partial charge < -0.3 is 10.6 Å². The van der Waals surface area contributed by atoms with Crippen LogP contribution in [-0.4, -0.2) is 22.1 Å². The first kappa shape index (κ1) is 16.7. The van der Waals surface area contributed by atoms with Gasteiger partial charge in [-0.15, -0.1) is 0 Å². The molecule has 0 spiro atoms. The van der Waals surface area contributed by atoms with Gasteiger partial charge in [0, 0.05) is 30.5 Å². The molecule has 0 aliphatic rings. The molecule has 2 amide bonds. The standard InChI is InChI=1S/C17H22N4O2/c1-4-14-10-16(22)21(11-19-14)6-5-18-17(23)20-15-8-12(2)7-13(3)9-15/h7-11H,4-6H2,1-3H3,(H2,18,20,23). The summed E-state index contributed by atoms with van der Waals surface area (Å²) in [5.74, 6) is 0. The number of nitrogens with one attached hydrogen (secondary N) is 2. The summed E-state index contributed by atoms with van der Waals surface area (Å²) < 4.78 is 1.48. The zero-order valence-electron chi connectivity index (χ0n) is 13.7. The number of aryl methyl sites for hydroxylation is 3. The lowest BCUT2D eigenvalue weighted by Crippen LogP contribution is -2.33. The molecule has 0 bridgehead atoms. The third-order valence-corrected chi connectivity index (χ3v) is 3.42. The van der Waals surface area contributed by atoms with E-state index in [1.54, 1.807) is 0 Å². The molecule has 0 aliphatic carbocycles. The normalized spacial score (nSPS) is 10.4. The minimum absolute atomic E-state index is 0.103. The Kier molecular flexibility index (Phi) is 5.51. The number of aromatic nitrogens is 2. The molecule has 0 atom stereocenters. The maximum absolute atomic E-state index is 11.9. The molecule has 1 aromatic carbocycles. The molecule has 1 heterocycles. The second kappa shape index (κ2) is 7.58. The van der Waals surface area contributed by atoms with E-state index in [4.69, 9.17) is 0 Å². The van der Waals surface area contributed by atoms with Gasteiger partial charge in [-0.3, -0.25) is 9.36 Å². The van der Waals surface area contributed by atoms with Crippen molar-refractivity contribution in [3.63, 3.8) is 0 Å². The summed E-state index contributed by atoms with van der Waals surface area (Å²) in [6.07, 6.45) is 2.25. The van der Waals surface area contributed by atoms with E-state index in [2.05, 4.69) is 15.6 Å². The summed E-state index contributed by atoms with van der Waals surface area (Å²) in [4.78, 5) is 27.9. The van der Waals surface area contributed by atoms with Gasteiger partial charge in [0.25, 0.3) is 5.56 Å². The van der Waals surface area contributed by atoms with Crippen LogP contribution in [0.5, 0.6) is 0 Å². The number of urea groups is 1. The maximum Gasteiger partial charge on any atom is 0.319 e. The van der Waals surface area contributed by atoms with Crippen molar-refractivity contribution in [1.82, 2.24) is 14.9 Å². The quantitative estimate of drug-likeness (QED) is 0.888. The van der Waals surface area contributed by atoms with Crippen LogP contribution in [-0.2, 0) is 13.0 Å². The molecule has 0 saturated carbocycles. The van der Waals surface area contributed by atoms with Crippen LogP contribution in [0.4, 0.5) is 10.5 Å². The van der Waals surface area contributed by atoms with Crippen molar-refractivity contribution < 1.29 is 4.79 Å². The average Bonchev–Trinajstić information content (AvgIpc) is 2.47. The summed E-state index contributed by atoms with van der Waals surface area (Å²) >= 11 is 0. The van der Waals surface area contributed by atoms with Crippen molar-refractivity contribution in [2.45, 2.75) is 33.7 Å². The van der Waals surface area contributed by atoms with Crippen molar-refractivity contribution in [2.24, 2.45) is 0 Å². The van der Waals surface area contributed by atoms with E-state index >= 15 is 0 Å². The number of carbonyl (C=O) groups excluding carboxylic acids is 1. The molecule has 2 aromatic rings. The highest BCUT2D eigenvalue weighted by Crippen LogP contribution is 2.13. The SMILES string of the molecule is CCc1cc(=O)n(CCNC(=O)Nc2cc(C)cc(C)c2)cn1. The molecule has 1 aromatic heterocycles. The zero-order chi connectivity index (χ0) is 16.8. The first-order chi connectivity index (χ1) is 11.0. The van der Waals surface area contributed by atoms with Crippen molar-refractivity contribution in [2.75, 3.05) is 11.9 Å². The average molecular weight is 314 g/mol. The second-order valence-electron chi connectivity index (χ2n) is 5.52. The van der Waals surface area contributed by atoms with Gasteiger partial charge in [-0.2, -0.15) is 0 Å². The Bertz CT molecular complexity index is 732. The predicted octanol–water partition coefficient (Wildman–Crippen LogP) is 2.24. The van der Waals surface area contributed by atoms with Crippen LogP contribution in [0.15, 0.2) is 35.4 Å². The fourth-order valence-corrected chi connectivity index (χ4v) is 2.34. The lowest BCUT2D eigenvalue weighted by molar-refractivity contribution is 0.251. The van der Waals surface area contributed by atoms with Crippen molar-refractivity contribution >= 4 is 11.7 Å². The summed E-state index contributed by atoms with van der Waals surface area (Å²) in [5, 5.41) is 5.53. The Labute approximate surface area is 135 Å². The zero-order valence-corrected chi connectivity index (χ0v) is 13.7. The minimum atomic E-state index is -0.291. The number of carbonyl (C=O) groups is 1. The molecular weight excluding hydrogens is 292 g/mol. The Morgan fingerprint density at radius 3 is 2.48 bits per heavy atom. The Morgan fingerprint density at radius 2 is 1.87 bits per heavy atom. The summed E-state index contributed by atoms with van der Waals surface area (Å²) in [6.45, 7) is 6.65. The summed E-state index contributed by atoms with van der Waals surface area (Å²) in [6, 6.07) is 7.09. The third-order valence-electron chi connectivity index (χ3n) is 3.42. The number of nitrogens with zero attached hydrogens (tertiary/aromatic N) is 2. The van der Waals surface area contributed by atoms with Crippen molar-refractivity contribution in [3.05, 3.63) is 57.8 Å². The predicted molar refractivity (Wildman–Crippen MR) is 90.8 cm³/mol. The molecule has 2 rings (SSSR count). The number of hydrogen-bond acceptors (Lipinski definition) is 3. The summed E-state index contributed by atoms with van der Waals surface area (Å²) in [7, 11) is 0. The topological polar surface area (TPSA) is 76.0 Å². The fourth-order valence-electron chi connectivity index (χ4n) is 2.34. The largest absolute Gasteiger partial charge is 0.336 e. The number of hydrogen-bond donors (Lipinski definition) is 2. The lowest BCUT2D eigenvalue weighted by Gasteiger charge is -2.10. The molecule has 23 heavy (non-hydrogen) atoms. The second-order valence-corrected chi connectivity index (χ2v) is 5.52. The number of anilines is 1. The third kappa shape index (κ3) is 4.95. The van der Waals surface area contributed by atoms with Gasteiger partial charge in [0.1, 0.15) is 0 Å². The first-order valence-electron chi connectivity index (χ1n) is 7.66. The maximum atomic E-state index is 11.9. The molecule has 0 fully saturated rings. The molecule has 0 radical (unpaired) electrons. The van der Waals surface area contributed by atoms with Gasteiger partial charge in [0.15, 0.2) is 0 Å².